The molecule has 0 spiro atoms. The fraction of sp³-hybridized carbons (Fsp3) is 0.474. The van der Waals surface area contributed by atoms with E-state index in [0.29, 0.717) is 31.5 Å². The number of nitrogens with one attached hydrogen (secondary N) is 1. The van der Waals surface area contributed by atoms with E-state index in [4.69, 9.17) is 4.74 Å². The van der Waals surface area contributed by atoms with Gasteiger partial charge in [-0.05, 0) is 57.4 Å². The quantitative estimate of drug-likeness (QED) is 0.852. The van der Waals surface area contributed by atoms with E-state index >= 15 is 0 Å². The lowest BCUT2D eigenvalue weighted by Gasteiger charge is -2.33. The molecule has 1 saturated heterocycles. The minimum absolute atomic E-state index is 0.0170. The van der Waals surface area contributed by atoms with Gasteiger partial charge in [-0.3, -0.25) is 4.79 Å². The number of nitrogens with zero attached hydrogens (tertiary/aromatic N) is 1. The molecule has 2 amide bonds. The zero-order valence-corrected chi connectivity index (χ0v) is 14.9. The lowest BCUT2D eigenvalue weighted by atomic mass is 10.1. The van der Waals surface area contributed by atoms with Crippen molar-refractivity contribution >= 4 is 18.1 Å². The smallest absolute Gasteiger partial charge is 0.410 e. The summed E-state index contributed by atoms with van der Waals surface area (Å²) in [6.45, 7) is 6.61. The normalized spacial score (nSPS) is 16.1. The molecule has 0 aromatic heterocycles. The third-order valence-corrected chi connectivity index (χ3v) is 3.77. The number of amides is 2. The summed E-state index contributed by atoms with van der Waals surface area (Å²) >= 11 is 0. The van der Waals surface area contributed by atoms with Gasteiger partial charge in [0, 0.05) is 25.2 Å². The summed E-state index contributed by atoms with van der Waals surface area (Å²) in [5.74, 6) is -0.558. The molecule has 1 aliphatic rings. The van der Waals surface area contributed by atoms with Gasteiger partial charge in [-0.15, -0.1) is 0 Å². The Kier molecular flexibility index (Phi) is 6.17. The van der Waals surface area contributed by atoms with Crippen molar-refractivity contribution < 1.29 is 18.7 Å². The second kappa shape index (κ2) is 8.14. The summed E-state index contributed by atoms with van der Waals surface area (Å²) in [7, 11) is 0. The topological polar surface area (TPSA) is 58.6 Å². The zero-order valence-electron chi connectivity index (χ0n) is 14.9. The summed E-state index contributed by atoms with van der Waals surface area (Å²) < 4.78 is 18.4. The summed E-state index contributed by atoms with van der Waals surface area (Å²) in [6, 6.07) is 6.06. The lowest BCUT2D eigenvalue weighted by molar-refractivity contribution is -0.117. The molecule has 1 heterocycles. The van der Waals surface area contributed by atoms with E-state index in [-0.39, 0.29) is 23.9 Å². The Morgan fingerprint density at radius 3 is 2.56 bits per heavy atom. The molecule has 0 bridgehead atoms. The maximum Gasteiger partial charge on any atom is 0.410 e. The van der Waals surface area contributed by atoms with Crippen LogP contribution in [-0.2, 0) is 9.53 Å². The Morgan fingerprint density at radius 1 is 1.28 bits per heavy atom. The van der Waals surface area contributed by atoms with E-state index < -0.39 is 5.60 Å². The van der Waals surface area contributed by atoms with E-state index in [2.05, 4.69) is 5.32 Å². The molecule has 1 aliphatic heterocycles. The van der Waals surface area contributed by atoms with Crippen molar-refractivity contribution in [2.75, 3.05) is 13.1 Å². The fourth-order valence-electron chi connectivity index (χ4n) is 2.56. The van der Waals surface area contributed by atoms with Crippen LogP contribution < -0.4 is 5.32 Å². The van der Waals surface area contributed by atoms with Gasteiger partial charge < -0.3 is 15.0 Å². The molecule has 0 atom stereocenters. The minimum atomic E-state index is -0.510. The molecule has 5 nitrogen and oxygen atoms in total. The number of rotatable bonds is 3. The van der Waals surface area contributed by atoms with Crippen molar-refractivity contribution in [3.63, 3.8) is 0 Å². The van der Waals surface area contributed by atoms with Crippen LogP contribution in [0, 0.1) is 5.82 Å². The third kappa shape index (κ3) is 6.57. The largest absolute Gasteiger partial charge is 0.444 e. The van der Waals surface area contributed by atoms with Gasteiger partial charge in [0.2, 0.25) is 5.91 Å². The first-order valence-corrected chi connectivity index (χ1v) is 8.45. The summed E-state index contributed by atoms with van der Waals surface area (Å²) in [4.78, 5) is 25.6. The lowest BCUT2D eigenvalue weighted by Crippen LogP contribution is -2.47. The molecule has 1 aromatic rings. The fourth-order valence-corrected chi connectivity index (χ4v) is 2.56. The van der Waals surface area contributed by atoms with Gasteiger partial charge in [0.1, 0.15) is 11.4 Å². The average Bonchev–Trinajstić information content (AvgIpc) is 2.52. The Bertz CT molecular complexity index is 644. The van der Waals surface area contributed by atoms with Crippen molar-refractivity contribution in [3.8, 4) is 0 Å². The van der Waals surface area contributed by atoms with E-state index in [1.54, 1.807) is 23.1 Å². The minimum Gasteiger partial charge on any atom is -0.444 e. The number of likely N-dealkylation sites (tertiary alicyclic amines) is 1. The Labute approximate surface area is 147 Å². The highest BCUT2D eigenvalue weighted by Crippen LogP contribution is 2.15. The number of ether oxygens (including phenoxy) is 1. The number of halogens is 1. The highest BCUT2D eigenvalue weighted by Gasteiger charge is 2.27. The standard InChI is InChI=1S/C19H25FN2O3/c1-19(2,3)25-18(24)22-11-9-16(10-12-22)21-17(23)8-7-14-5-4-6-15(20)13-14/h4-8,13,16H,9-12H2,1-3H3,(H,21,23)/b8-7+. The Morgan fingerprint density at radius 2 is 1.96 bits per heavy atom. The molecule has 136 valence electrons. The van der Waals surface area contributed by atoms with Gasteiger partial charge in [-0.25, -0.2) is 9.18 Å². The molecular weight excluding hydrogens is 323 g/mol. The molecule has 25 heavy (non-hydrogen) atoms. The van der Waals surface area contributed by atoms with Crippen molar-refractivity contribution in [2.45, 2.75) is 45.3 Å². The monoisotopic (exact) mass is 348 g/mol. The number of hydrogen-bond donors (Lipinski definition) is 1. The van der Waals surface area contributed by atoms with Gasteiger partial charge in [0.25, 0.3) is 0 Å². The number of benzene rings is 1. The Hall–Kier alpha value is -2.37. The van der Waals surface area contributed by atoms with Crippen molar-refractivity contribution in [1.82, 2.24) is 10.2 Å². The molecule has 1 aromatic carbocycles. The molecule has 0 saturated carbocycles. The third-order valence-electron chi connectivity index (χ3n) is 3.77. The van der Waals surface area contributed by atoms with Crippen LogP contribution in [0.4, 0.5) is 9.18 Å². The predicted molar refractivity (Wildman–Crippen MR) is 94.4 cm³/mol. The SMILES string of the molecule is CC(C)(C)OC(=O)N1CCC(NC(=O)/C=C/c2cccc(F)c2)CC1. The highest BCUT2D eigenvalue weighted by molar-refractivity contribution is 5.91. The van der Waals surface area contributed by atoms with E-state index in [1.165, 1.54) is 18.2 Å². The van der Waals surface area contributed by atoms with Crippen LogP contribution in [0.15, 0.2) is 30.3 Å². The van der Waals surface area contributed by atoms with Gasteiger partial charge in [0.15, 0.2) is 0 Å². The number of piperidine rings is 1. The highest BCUT2D eigenvalue weighted by atomic mass is 19.1. The van der Waals surface area contributed by atoms with Gasteiger partial charge in [-0.2, -0.15) is 0 Å². The van der Waals surface area contributed by atoms with Crippen molar-refractivity contribution in [3.05, 3.63) is 41.7 Å². The molecule has 1 N–H and O–H groups in total. The number of carbonyl (C=O) groups is 2. The molecule has 2 rings (SSSR count). The molecule has 0 aliphatic carbocycles. The molecule has 6 heteroatoms. The van der Waals surface area contributed by atoms with E-state index in [1.807, 2.05) is 20.8 Å². The van der Waals surface area contributed by atoms with Gasteiger partial charge in [-0.1, -0.05) is 12.1 Å². The summed E-state index contributed by atoms with van der Waals surface area (Å²) in [6.07, 6.45) is 4.02. The summed E-state index contributed by atoms with van der Waals surface area (Å²) in [5.41, 5.74) is 0.124. The van der Waals surface area contributed by atoms with Crippen LogP contribution >= 0.6 is 0 Å². The second-order valence-electron chi connectivity index (χ2n) is 7.14. The van der Waals surface area contributed by atoms with Crippen LogP contribution in [0.25, 0.3) is 6.08 Å². The van der Waals surface area contributed by atoms with Crippen LogP contribution in [0.2, 0.25) is 0 Å². The van der Waals surface area contributed by atoms with Crippen LogP contribution in [0.5, 0.6) is 0 Å². The van der Waals surface area contributed by atoms with Gasteiger partial charge in [0.05, 0.1) is 0 Å². The first-order valence-electron chi connectivity index (χ1n) is 8.45. The van der Waals surface area contributed by atoms with E-state index in [0.717, 1.165) is 0 Å². The van der Waals surface area contributed by atoms with Crippen molar-refractivity contribution in [1.29, 1.82) is 0 Å². The van der Waals surface area contributed by atoms with Crippen LogP contribution in [0.3, 0.4) is 0 Å². The predicted octanol–water partition coefficient (Wildman–Crippen LogP) is 3.35. The first kappa shape index (κ1) is 19.0. The Balaban J connectivity index is 1.78. The van der Waals surface area contributed by atoms with Crippen LogP contribution in [0.1, 0.15) is 39.2 Å². The maximum atomic E-state index is 13.1. The average molecular weight is 348 g/mol. The number of hydrogen-bond acceptors (Lipinski definition) is 3. The molecule has 1 fully saturated rings. The van der Waals surface area contributed by atoms with Gasteiger partial charge >= 0.3 is 6.09 Å². The van der Waals surface area contributed by atoms with E-state index in [9.17, 15) is 14.0 Å². The zero-order chi connectivity index (χ0) is 18.4. The first-order chi connectivity index (χ1) is 11.7. The molecule has 0 radical (unpaired) electrons. The second-order valence-corrected chi connectivity index (χ2v) is 7.14. The summed E-state index contributed by atoms with van der Waals surface area (Å²) in [5, 5.41) is 2.91. The van der Waals surface area contributed by atoms with Crippen molar-refractivity contribution in [2.24, 2.45) is 0 Å². The maximum absolute atomic E-state index is 13.1. The van der Waals surface area contributed by atoms with Crippen LogP contribution in [-0.4, -0.2) is 41.6 Å². The molecular formula is C19H25FN2O3. The molecule has 0 unspecified atom stereocenters. The number of carbonyl (C=O) groups excluding carboxylic acids is 2.